The SMILES string of the molecule is N#Cc1ccccc1S(=O)(=O)N1CCCC1c1nccs1. The van der Waals surface area contributed by atoms with Crippen LogP contribution in [-0.2, 0) is 10.0 Å². The van der Waals surface area contributed by atoms with E-state index in [4.69, 9.17) is 5.26 Å². The molecule has 1 aromatic heterocycles. The highest BCUT2D eigenvalue weighted by Gasteiger charge is 2.38. The van der Waals surface area contributed by atoms with Crippen LogP contribution in [0.5, 0.6) is 0 Å². The van der Waals surface area contributed by atoms with Gasteiger partial charge in [-0.15, -0.1) is 11.3 Å². The maximum atomic E-state index is 12.9. The van der Waals surface area contributed by atoms with E-state index in [0.717, 1.165) is 17.8 Å². The number of rotatable bonds is 3. The lowest BCUT2D eigenvalue weighted by Crippen LogP contribution is -2.31. The van der Waals surface area contributed by atoms with Crippen LogP contribution in [0.25, 0.3) is 0 Å². The third kappa shape index (κ3) is 2.46. The minimum atomic E-state index is -3.68. The van der Waals surface area contributed by atoms with Crippen LogP contribution in [0.4, 0.5) is 0 Å². The van der Waals surface area contributed by atoms with Crippen LogP contribution in [0.15, 0.2) is 40.7 Å². The topological polar surface area (TPSA) is 74.1 Å². The summed E-state index contributed by atoms with van der Waals surface area (Å²) in [5.41, 5.74) is 0.183. The molecule has 21 heavy (non-hydrogen) atoms. The van der Waals surface area contributed by atoms with Crippen molar-refractivity contribution in [2.45, 2.75) is 23.8 Å². The average Bonchev–Trinajstić information content (AvgIpc) is 3.17. The summed E-state index contributed by atoms with van der Waals surface area (Å²) in [7, 11) is -3.68. The second-order valence-corrected chi connectivity index (χ2v) is 7.54. The lowest BCUT2D eigenvalue weighted by atomic mass is 10.2. The fourth-order valence-electron chi connectivity index (χ4n) is 2.58. The molecule has 5 nitrogen and oxygen atoms in total. The molecule has 1 atom stereocenters. The second-order valence-electron chi connectivity index (χ2n) is 4.75. The number of thiazole rings is 1. The molecular formula is C14H13N3O2S2. The van der Waals surface area contributed by atoms with Crippen molar-refractivity contribution in [3.05, 3.63) is 46.4 Å². The Morgan fingerprint density at radius 1 is 1.38 bits per heavy atom. The van der Waals surface area contributed by atoms with Crippen molar-refractivity contribution in [1.82, 2.24) is 9.29 Å². The van der Waals surface area contributed by atoms with E-state index in [1.807, 2.05) is 11.4 Å². The lowest BCUT2D eigenvalue weighted by Gasteiger charge is -2.22. The molecule has 1 aromatic carbocycles. The molecule has 1 aliphatic rings. The van der Waals surface area contributed by atoms with E-state index in [1.54, 1.807) is 18.3 Å². The van der Waals surface area contributed by atoms with E-state index in [0.29, 0.717) is 6.54 Å². The van der Waals surface area contributed by atoms with Crippen LogP contribution < -0.4 is 0 Å². The highest BCUT2D eigenvalue weighted by atomic mass is 32.2. The Bertz CT molecular complexity index is 779. The van der Waals surface area contributed by atoms with Gasteiger partial charge in [-0.25, -0.2) is 13.4 Å². The molecule has 7 heteroatoms. The largest absolute Gasteiger partial charge is 0.248 e. The predicted molar refractivity (Wildman–Crippen MR) is 79.1 cm³/mol. The molecule has 0 N–H and O–H groups in total. The third-order valence-corrected chi connectivity index (χ3v) is 6.38. The summed E-state index contributed by atoms with van der Waals surface area (Å²) in [5.74, 6) is 0. The molecular weight excluding hydrogens is 306 g/mol. The summed E-state index contributed by atoms with van der Waals surface area (Å²) in [4.78, 5) is 4.33. The van der Waals surface area contributed by atoms with E-state index < -0.39 is 10.0 Å². The standard InChI is InChI=1S/C14H13N3O2S2/c15-10-11-4-1-2-6-13(11)21(18,19)17-8-3-5-12(17)14-16-7-9-20-14/h1-2,4,6-7,9,12H,3,5,8H2. The van der Waals surface area contributed by atoms with Gasteiger partial charge < -0.3 is 0 Å². The van der Waals surface area contributed by atoms with Crippen molar-refractivity contribution in [3.8, 4) is 6.07 Å². The van der Waals surface area contributed by atoms with E-state index in [-0.39, 0.29) is 16.5 Å². The van der Waals surface area contributed by atoms with Gasteiger partial charge in [-0.3, -0.25) is 0 Å². The molecule has 0 radical (unpaired) electrons. The van der Waals surface area contributed by atoms with Gasteiger partial charge in [0, 0.05) is 18.1 Å². The first-order chi connectivity index (χ1) is 10.1. The maximum absolute atomic E-state index is 12.9. The number of benzene rings is 1. The van der Waals surface area contributed by atoms with Crippen LogP contribution in [-0.4, -0.2) is 24.3 Å². The van der Waals surface area contributed by atoms with E-state index in [9.17, 15) is 8.42 Å². The van der Waals surface area contributed by atoms with Crippen molar-refractivity contribution in [1.29, 1.82) is 5.26 Å². The van der Waals surface area contributed by atoms with Crippen LogP contribution in [0.2, 0.25) is 0 Å². The third-order valence-electron chi connectivity index (χ3n) is 3.53. The highest BCUT2D eigenvalue weighted by Crippen LogP contribution is 2.37. The Morgan fingerprint density at radius 2 is 2.19 bits per heavy atom. The van der Waals surface area contributed by atoms with Gasteiger partial charge in [-0.1, -0.05) is 12.1 Å². The Kier molecular flexibility index (Phi) is 3.76. The Morgan fingerprint density at radius 3 is 2.90 bits per heavy atom. The zero-order valence-electron chi connectivity index (χ0n) is 11.1. The molecule has 1 saturated heterocycles. The van der Waals surface area contributed by atoms with Crippen molar-refractivity contribution in [2.75, 3.05) is 6.54 Å². The highest BCUT2D eigenvalue weighted by molar-refractivity contribution is 7.89. The molecule has 0 saturated carbocycles. The van der Waals surface area contributed by atoms with Gasteiger partial charge in [0.25, 0.3) is 0 Å². The van der Waals surface area contributed by atoms with Gasteiger partial charge in [0.2, 0.25) is 10.0 Å². The molecule has 3 rings (SSSR count). The summed E-state index contributed by atoms with van der Waals surface area (Å²) in [6.45, 7) is 0.465. The van der Waals surface area contributed by atoms with Crippen molar-refractivity contribution < 1.29 is 8.42 Å². The molecule has 108 valence electrons. The van der Waals surface area contributed by atoms with Gasteiger partial charge in [-0.05, 0) is 25.0 Å². The quantitative estimate of drug-likeness (QED) is 0.871. The molecule has 2 aromatic rings. The molecule has 0 amide bonds. The molecule has 2 heterocycles. The average molecular weight is 319 g/mol. The van der Waals surface area contributed by atoms with Crippen LogP contribution in [0.3, 0.4) is 0 Å². The number of sulfonamides is 1. The lowest BCUT2D eigenvalue weighted by molar-refractivity contribution is 0.395. The fourth-order valence-corrected chi connectivity index (χ4v) is 5.24. The van der Waals surface area contributed by atoms with Gasteiger partial charge in [-0.2, -0.15) is 9.57 Å². The number of aromatic nitrogens is 1. The predicted octanol–water partition coefficient (Wildman–Crippen LogP) is 2.54. The maximum Gasteiger partial charge on any atom is 0.245 e. The van der Waals surface area contributed by atoms with E-state index >= 15 is 0 Å². The normalized spacial score (nSPS) is 19.5. The molecule has 0 bridgehead atoms. The minimum absolute atomic E-state index is 0.0796. The Hall–Kier alpha value is -1.75. The summed E-state index contributed by atoms with van der Waals surface area (Å²) < 4.78 is 27.2. The number of nitriles is 1. The van der Waals surface area contributed by atoms with Crippen LogP contribution >= 0.6 is 11.3 Å². The van der Waals surface area contributed by atoms with Crippen molar-refractivity contribution in [2.24, 2.45) is 0 Å². The first-order valence-corrected chi connectivity index (χ1v) is 8.87. The fraction of sp³-hybridized carbons (Fsp3) is 0.286. The number of nitrogens with zero attached hydrogens (tertiary/aromatic N) is 3. The first kappa shape index (κ1) is 14.2. The zero-order chi connectivity index (χ0) is 14.9. The first-order valence-electron chi connectivity index (χ1n) is 6.55. The van der Waals surface area contributed by atoms with Crippen LogP contribution in [0.1, 0.15) is 29.5 Å². The molecule has 1 fully saturated rings. The van der Waals surface area contributed by atoms with Gasteiger partial charge in [0.1, 0.15) is 11.1 Å². The number of hydrogen-bond acceptors (Lipinski definition) is 5. The van der Waals surface area contributed by atoms with Crippen molar-refractivity contribution in [3.63, 3.8) is 0 Å². The van der Waals surface area contributed by atoms with E-state index in [1.165, 1.54) is 27.8 Å². The summed E-state index contributed by atoms with van der Waals surface area (Å²) in [6.07, 6.45) is 3.26. The Labute approximate surface area is 127 Å². The van der Waals surface area contributed by atoms with Gasteiger partial charge in [0.15, 0.2) is 0 Å². The number of hydrogen-bond donors (Lipinski definition) is 0. The van der Waals surface area contributed by atoms with Crippen molar-refractivity contribution >= 4 is 21.4 Å². The summed E-state index contributed by atoms with van der Waals surface area (Å²) in [5, 5.41) is 11.8. The van der Waals surface area contributed by atoms with Gasteiger partial charge in [0.05, 0.1) is 16.5 Å². The molecule has 0 spiro atoms. The van der Waals surface area contributed by atoms with E-state index in [2.05, 4.69) is 4.98 Å². The molecule has 1 aliphatic heterocycles. The second kappa shape index (κ2) is 5.56. The zero-order valence-corrected chi connectivity index (χ0v) is 12.8. The van der Waals surface area contributed by atoms with Crippen LogP contribution in [0, 0.1) is 11.3 Å². The molecule has 0 aliphatic carbocycles. The monoisotopic (exact) mass is 319 g/mol. The summed E-state index contributed by atoms with van der Waals surface area (Å²) >= 11 is 1.46. The van der Waals surface area contributed by atoms with Gasteiger partial charge >= 0.3 is 0 Å². The molecule has 1 unspecified atom stereocenters. The minimum Gasteiger partial charge on any atom is -0.248 e. The smallest absolute Gasteiger partial charge is 0.245 e. The Balaban J connectivity index is 2.04. The summed E-state index contributed by atoms with van der Waals surface area (Å²) in [6, 6.07) is 8.06.